The van der Waals surface area contributed by atoms with Crippen LogP contribution in [0.5, 0.6) is 5.75 Å². The zero-order valence-electron chi connectivity index (χ0n) is 35.2. The van der Waals surface area contributed by atoms with Crippen LogP contribution in [0, 0.1) is 5.41 Å². The Morgan fingerprint density at radius 3 is 1.95 bits per heavy atom. The van der Waals surface area contributed by atoms with Crippen molar-refractivity contribution in [2.24, 2.45) is 4.99 Å². The number of fused-ring (bicyclic) bond motifs is 5. The van der Waals surface area contributed by atoms with Crippen LogP contribution in [-0.4, -0.2) is 23.6 Å². The fourth-order valence-electron chi connectivity index (χ4n) is 9.06. The van der Waals surface area contributed by atoms with Crippen molar-refractivity contribution in [1.82, 2.24) is 4.57 Å². The van der Waals surface area contributed by atoms with Crippen molar-refractivity contribution >= 4 is 72.3 Å². The predicted molar refractivity (Wildman–Crippen MR) is 269 cm³/mol. The van der Waals surface area contributed by atoms with E-state index in [-0.39, 0.29) is 0 Å². The summed E-state index contributed by atoms with van der Waals surface area (Å²) in [6.07, 6.45) is 1.90. The summed E-state index contributed by atoms with van der Waals surface area (Å²) in [4.78, 5) is 5.12. The third kappa shape index (κ3) is 6.95. The smallest absolute Gasteiger partial charge is 0.126 e. The third-order valence-electron chi connectivity index (χ3n) is 12.2. The van der Waals surface area contributed by atoms with Gasteiger partial charge in [-0.2, -0.15) is 0 Å². The lowest BCUT2D eigenvalue weighted by molar-refractivity contribution is 0.420. The zero-order chi connectivity index (χ0) is 43.0. The molecule has 0 radical (unpaired) electrons. The van der Waals surface area contributed by atoms with Gasteiger partial charge in [0.05, 0.1) is 29.5 Å². The molecule has 64 heavy (non-hydrogen) atoms. The molecular formula is C59H42N4O. The summed E-state index contributed by atoms with van der Waals surface area (Å²) < 4.78 is 8.02. The second kappa shape index (κ2) is 16.4. The van der Waals surface area contributed by atoms with Crippen molar-refractivity contribution < 1.29 is 4.74 Å². The number of hydrogen-bond donors (Lipinski definition) is 2. The van der Waals surface area contributed by atoms with Crippen molar-refractivity contribution in [2.45, 2.75) is 0 Å². The van der Waals surface area contributed by atoms with E-state index in [0.717, 1.165) is 89.0 Å². The summed E-state index contributed by atoms with van der Waals surface area (Å²) in [5.41, 5.74) is 13.7. The molecule has 304 valence electrons. The molecule has 0 aliphatic carbocycles. The third-order valence-corrected chi connectivity index (χ3v) is 12.2. The van der Waals surface area contributed by atoms with Crippen LogP contribution in [0.4, 0.5) is 17.1 Å². The van der Waals surface area contributed by atoms with Crippen LogP contribution in [0.25, 0.3) is 71.3 Å². The maximum Gasteiger partial charge on any atom is 0.126 e. The van der Waals surface area contributed by atoms with Crippen LogP contribution < -0.4 is 10.1 Å². The maximum absolute atomic E-state index is 9.54. The lowest BCUT2D eigenvalue weighted by Crippen LogP contribution is -2.04. The van der Waals surface area contributed by atoms with Gasteiger partial charge in [-0.15, -0.1) is 0 Å². The number of para-hydroxylation sites is 2. The molecule has 0 fully saturated rings. The normalized spacial score (nSPS) is 11.5. The Bertz CT molecular complexity index is 3570. The van der Waals surface area contributed by atoms with Gasteiger partial charge in [-0.05, 0) is 99.8 Å². The van der Waals surface area contributed by atoms with Crippen molar-refractivity contribution in [1.29, 1.82) is 5.41 Å². The number of aromatic nitrogens is 1. The first kappa shape index (κ1) is 38.4. The van der Waals surface area contributed by atoms with Crippen LogP contribution in [0.2, 0.25) is 0 Å². The average molecular weight is 823 g/mol. The Kier molecular flexibility index (Phi) is 9.83. The SMILES string of the molecule is COc1ccc(C(=N)c2ccc3ccccc3c2N=Cc2ccc(Nc3cc(-c4ccc5c(c4)c4ccccc4n5-c4ccccc4)ccc3-c3ccccc3)cc2)c2ccccc12. The summed E-state index contributed by atoms with van der Waals surface area (Å²) in [5, 5.41) is 19.8. The molecule has 2 N–H and O–H groups in total. The molecule has 1 aromatic heterocycles. The summed E-state index contributed by atoms with van der Waals surface area (Å²) in [6, 6.07) is 76.0. The van der Waals surface area contributed by atoms with Crippen molar-refractivity contribution in [2.75, 3.05) is 12.4 Å². The van der Waals surface area contributed by atoms with Gasteiger partial charge in [0.1, 0.15) is 5.75 Å². The Morgan fingerprint density at radius 1 is 0.516 bits per heavy atom. The van der Waals surface area contributed by atoms with Gasteiger partial charge in [-0.3, -0.25) is 10.4 Å². The first-order valence-corrected chi connectivity index (χ1v) is 21.5. The highest BCUT2D eigenvalue weighted by Crippen LogP contribution is 2.39. The first-order valence-electron chi connectivity index (χ1n) is 21.5. The molecule has 0 atom stereocenters. The van der Waals surface area contributed by atoms with Crippen LogP contribution in [0.3, 0.4) is 0 Å². The number of nitrogens with one attached hydrogen (secondary N) is 2. The summed E-state index contributed by atoms with van der Waals surface area (Å²) in [5.74, 6) is 0.785. The minimum absolute atomic E-state index is 0.409. The highest BCUT2D eigenvalue weighted by atomic mass is 16.5. The van der Waals surface area contributed by atoms with Gasteiger partial charge < -0.3 is 14.6 Å². The van der Waals surface area contributed by atoms with Crippen molar-refractivity contribution in [3.63, 3.8) is 0 Å². The molecule has 0 spiro atoms. The fraction of sp³-hybridized carbons (Fsp3) is 0.0169. The van der Waals surface area contributed by atoms with E-state index in [1.165, 1.54) is 21.8 Å². The molecule has 10 aromatic carbocycles. The van der Waals surface area contributed by atoms with Crippen LogP contribution >= 0.6 is 0 Å². The Hall–Kier alpha value is -8.54. The minimum atomic E-state index is 0.409. The predicted octanol–water partition coefficient (Wildman–Crippen LogP) is 15.3. The number of rotatable bonds is 10. The van der Waals surface area contributed by atoms with Gasteiger partial charge in [0.15, 0.2) is 0 Å². The fourth-order valence-corrected chi connectivity index (χ4v) is 9.06. The lowest BCUT2D eigenvalue weighted by atomic mass is 9.93. The lowest BCUT2D eigenvalue weighted by Gasteiger charge is -2.15. The van der Waals surface area contributed by atoms with Crippen LogP contribution in [0.15, 0.2) is 223 Å². The van der Waals surface area contributed by atoms with E-state index in [0.29, 0.717) is 5.71 Å². The maximum atomic E-state index is 9.54. The van der Waals surface area contributed by atoms with Gasteiger partial charge >= 0.3 is 0 Å². The van der Waals surface area contributed by atoms with E-state index < -0.39 is 0 Å². The number of hydrogen-bond acceptors (Lipinski definition) is 4. The van der Waals surface area contributed by atoms with E-state index in [2.05, 4.69) is 174 Å². The minimum Gasteiger partial charge on any atom is -0.496 e. The number of nitrogens with zero attached hydrogens (tertiary/aromatic N) is 2. The quantitative estimate of drug-likeness (QED) is 0.135. The molecule has 0 saturated carbocycles. The number of methoxy groups -OCH3 is 1. The van der Waals surface area contributed by atoms with E-state index in [4.69, 9.17) is 9.73 Å². The summed E-state index contributed by atoms with van der Waals surface area (Å²) in [6.45, 7) is 0. The van der Waals surface area contributed by atoms with Gasteiger partial charge in [-0.1, -0.05) is 152 Å². The van der Waals surface area contributed by atoms with E-state index in [1.54, 1.807) is 7.11 Å². The topological polar surface area (TPSA) is 62.4 Å². The molecule has 11 aromatic rings. The molecule has 0 amide bonds. The van der Waals surface area contributed by atoms with Gasteiger partial charge in [0.2, 0.25) is 0 Å². The molecule has 5 nitrogen and oxygen atoms in total. The molecule has 0 aliphatic rings. The van der Waals surface area contributed by atoms with Crippen molar-refractivity contribution in [3.8, 4) is 33.7 Å². The molecular weight excluding hydrogens is 781 g/mol. The first-order chi connectivity index (χ1) is 31.6. The molecule has 5 heteroatoms. The van der Waals surface area contributed by atoms with E-state index in [1.807, 2.05) is 60.8 Å². The number of aliphatic imine (C=N–C) groups is 1. The number of benzene rings is 10. The Balaban J connectivity index is 0.931. The highest BCUT2D eigenvalue weighted by Gasteiger charge is 2.18. The largest absolute Gasteiger partial charge is 0.496 e. The second-order valence-corrected chi connectivity index (χ2v) is 16.0. The van der Waals surface area contributed by atoms with E-state index in [9.17, 15) is 5.41 Å². The van der Waals surface area contributed by atoms with Gasteiger partial charge in [0, 0.05) is 61.5 Å². The highest BCUT2D eigenvalue weighted by molar-refractivity contribution is 6.23. The summed E-state index contributed by atoms with van der Waals surface area (Å²) in [7, 11) is 1.68. The zero-order valence-corrected chi connectivity index (χ0v) is 35.2. The number of anilines is 2. The Labute approximate surface area is 371 Å². The monoisotopic (exact) mass is 822 g/mol. The van der Waals surface area contributed by atoms with Crippen LogP contribution in [-0.2, 0) is 0 Å². The summed E-state index contributed by atoms with van der Waals surface area (Å²) >= 11 is 0. The van der Waals surface area contributed by atoms with Gasteiger partial charge in [0.25, 0.3) is 0 Å². The molecule has 0 bridgehead atoms. The second-order valence-electron chi connectivity index (χ2n) is 16.0. The molecule has 1 heterocycles. The number of ether oxygens (including phenoxy) is 1. The van der Waals surface area contributed by atoms with Crippen molar-refractivity contribution in [3.05, 3.63) is 235 Å². The van der Waals surface area contributed by atoms with Gasteiger partial charge in [-0.25, -0.2) is 0 Å². The van der Waals surface area contributed by atoms with E-state index >= 15 is 0 Å². The molecule has 0 aliphatic heterocycles. The molecule has 0 unspecified atom stereocenters. The molecule has 0 saturated heterocycles. The molecule has 11 rings (SSSR count). The average Bonchev–Trinajstić information content (AvgIpc) is 3.69. The standard InChI is InChI=1S/C59H42N4O/c1-64-57-35-33-51(48-20-10-11-22-50(48)57)58(60)52-32-26-41-16-8-9-19-47(41)59(52)61-38-39-24-29-44(30-25-39)62-54-37-43(27-31-46(54)40-14-4-2-5-15-40)42-28-34-56-53(36-42)49-21-12-13-23-55(49)63(56)45-17-6-3-7-18-45/h2-38,60,62H,1H3. The van der Waals surface area contributed by atoms with Crippen LogP contribution in [0.1, 0.15) is 16.7 Å². The Morgan fingerprint density at radius 2 is 1.16 bits per heavy atom.